The van der Waals surface area contributed by atoms with Crippen molar-refractivity contribution in [3.8, 4) is 67.2 Å². The van der Waals surface area contributed by atoms with Crippen molar-refractivity contribution < 1.29 is 0 Å². The summed E-state index contributed by atoms with van der Waals surface area (Å²) in [6.07, 6.45) is 4.82. The minimum atomic E-state index is -1.17. The number of aromatic nitrogens is 2. The molecule has 2 nitrogen and oxygen atoms in total. The molecule has 0 radical (unpaired) electrons. The molecule has 0 saturated carbocycles. The summed E-state index contributed by atoms with van der Waals surface area (Å²) in [5, 5.41) is 1.13. The Morgan fingerprint density at radius 2 is 0.898 bits per heavy atom. The SMILES string of the molecule is CS1(C)c2ccccc2-c2c1ccc1nc(-c3ccccc3)nc(-c3cccc(-c4cccc(-c5ccc(-c6ccccc6)cc5)c4)c3)c21. The van der Waals surface area contributed by atoms with Gasteiger partial charge in [0.1, 0.15) is 0 Å². The maximum Gasteiger partial charge on any atom is 0.160 e. The highest BCUT2D eigenvalue weighted by Gasteiger charge is 2.34. The molecule has 0 bridgehead atoms. The highest BCUT2D eigenvalue weighted by Crippen LogP contribution is 2.68. The lowest BCUT2D eigenvalue weighted by molar-refractivity contribution is 1.22. The average molecular weight is 647 g/mol. The van der Waals surface area contributed by atoms with Crippen molar-refractivity contribution in [2.45, 2.75) is 9.79 Å². The molecule has 0 amide bonds. The number of rotatable bonds is 5. The molecule has 1 aliphatic rings. The van der Waals surface area contributed by atoms with Gasteiger partial charge in [0.2, 0.25) is 0 Å². The summed E-state index contributed by atoms with van der Waals surface area (Å²) in [5.41, 5.74) is 13.8. The first-order chi connectivity index (χ1) is 24.0. The molecule has 234 valence electrons. The van der Waals surface area contributed by atoms with E-state index in [-0.39, 0.29) is 0 Å². The summed E-state index contributed by atoms with van der Waals surface area (Å²) >= 11 is 0. The van der Waals surface area contributed by atoms with Crippen molar-refractivity contribution >= 4 is 20.9 Å². The predicted octanol–water partition coefficient (Wildman–Crippen LogP) is 12.4. The second-order valence-electron chi connectivity index (χ2n) is 13.0. The van der Waals surface area contributed by atoms with Crippen molar-refractivity contribution in [1.29, 1.82) is 0 Å². The van der Waals surface area contributed by atoms with Gasteiger partial charge in [0.05, 0.1) is 11.2 Å². The lowest BCUT2D eigenvalue weighted by atomic mass is 9.94. The van der Waals surface area contributed by atoms with Gasteiger partial charge >= 0.3 is 0 Å². The van der Waals surface area contributed by atoms with Gasteiger partial charge in [0.15, 0.2) is 5.82 Å². The fourth-order valence-corrected chi connectivity index (χ4v) is 9.78. The van der Waals surface area contributed by atoms with Gasteiger partial charge in [0, 0.05) is 31.9 Å². The molecule has 0 spiro atoms. The average Bonchev–Trinajstić information content (AvgIpc) is 3.41. The Labute approximate surface area is 289 Å². The van der Waals surface area contributed by atoms with Gasteiger partial charge in [-0.05, 0) is 81.8 Å². The highest BCUT2D eigenvalue weighted by atomic mass is 32.3. The number of hydrogen-bond acceptors (Lipinski definition) is 2. The zero-order valence-corrected chi connectivity index (χ0v) is 28.3. The Balaban J connectivity index is 1.19. The van der Waals surface area contributed by atoms with E-state index >= 15 is 0 Å². The molecule has 0 saturated heterocycles. The van der Waals surface area contributed by atoms with Gasteiger partial charge in [-0.15, -0.1) is 0 Å². The van der Waals surface area contributed by atoms with Crippen molar-refractivity contribution in [3.05, 3.63) is 170 Å². The zero-order valence-electron chi connectivity index (χ0n) is 27.5. The molecule has 8 aromatic rings. The summed E-state index contributed by atoms with van der Waals surface area (Å²) in [6.45, 7) is 0. The molecular weight excluding hydrogens is 613 g/mol. The Morgan fingerprint density at radius 1 is 0.388 bits per heavy atom. The van der Waals surface area contributed by atoms with Gasteiger partial charge < -0.3 is 0 Å². The van der Waals surface area contributed by atoms with E-state index in [0.717, 1.165) is 39.1 Å². The molecule has 0 unspecified atom stereocenters. The molecular formula is C46H34N2S. The van der Waals surface area contributed by atoms with Crippen LogP contribution in [0.25, 0.3) is 78.1 Å². The van der Waals surface area contributed by atoms with E-state index in [1.807, 2.05) is 6.07 Å². The Morgan fingerprint density at radius 3 is 1.59 bits per heavy atom. The quantitative estimate of drug-likeness (QED) is 0.186. The zero-order chi connectivity index (χ0) is 33.0. The second-order valence-corrected chi connectivity index (χ2v) is 16.6. The van der Waals surface area contributed by atoms with Crippen LogP contribution in [0.3, 0.4) is 0 Å². The fourth-order valence-electron chi connectivity index (χ4n) is 7.27. The van der Waals surface area contributed by atoms with Crippen LogP contribution in [0.2, 0.25) is 0 Å². The normalized spacial score (nSPS) is 13.5. The summed E-state index contributed by atoms with van der Waals surface area (Å²) in [5.74, 6) is 0.743. The van der Waals surface area contributed by atoms with E-state index in [2.05, 4.69) is 176 Å². The first-order valence-corrected chi connectivity index (χ1v) is 19.1. The summed E-state index contributed by atoms with van der Waals surface area (Å²) in [4.78, 5) is 13.4. The van der Waals surface area contributed by atoms with Crippen LogP contribution in [0.5, 0.6) is 0 Å². The first kappa shape index (κ1) is 29.4. The van der Waals surface area contributed by atoms with E-state index in [9.17, 15) is 0 Å². The summed E-state index contributed by atoms with van der Waals surface area (Å²) < 4.78 is 0. The van der Waals surface area contributed by atoms with Crippen LogP contribution in [0.15, 0.2) is 180 Å². The monoisotopic (exact) mass is 646 g/mol. The standard InChI is InChI=1S/C46H34N2S/c1-49(2)41-22-10-9-21-39(41)43-42(49)28-27-40-44(43)45(48-46(47-40)34-15-7-4-8-16-34)38-20-12-19-37(30-38)36-18-11-17-35(29-36)33-25-23-32(24-26-33)31-13-5-3-6-14-31/h3-30H,1-2H3. The summed E-state index contributed by atoms with van der Waals surface area (Å²) in [6, 6.07) is 60.9. The van der Waals surface area contributed by atoms with Gasteiger partial charge in [-0.25, -0.2) is 9.97 Å². The van der Waals surface area contributed by atoms with E-state index in [4.69, 9.17) is 9.97 Å². The van der Waals surface area contributed by atoms with Crippen LogP contribution in [-0.4, -0.2) is 22.5 Å². The van der Waals surface area contributed by atoms with Crippen molar-refractivity contribution in [3.63, 3.8) is 0 Å². The van der Waals surface area contributed by atoms with Crippen molar-refractivity contribution in [2.75, 3.05) is 12.5 Å². The van der Waals surface area contributed by atoms with Crippen LogP contribution < -0.4 is 0 Å². The van der Waals surface area contributed by atoms with Gasteiger partial charge in [-0.1, -0.05) is 140 Å². The molecule has 3 heteroatoms. The minimum Gasteiger partial charge on any atom is -0.228 e. The molecule has 1 aromatic heterocycles. The topological polar surface area (TPSA) is 25.8 Å². The number of nitrogens with zero attached hydrogens (tertiary/aromatic N) is 2. The number of fused-ring (bicyclic) bond motifs is 5. The summed E-state index contributed by atoms with van der Waals surface area (Å²) in [7, 11) is -1.17. The minimum absolute atomic E-state index is 0.743. The maximum atomic E-state index is 5.37. The van der Waals surface area contributed by atoms with Gasteiger partial charge in [-0.3, -0.25) is 0 Å². The molecule has 9 rings (SSSR count). The molecule has 7 aromatic carbocycles. The smallest absolute Gasteiger partial charge is 0.160 e. The van der Waals surface area contributed by atoms with E-state index < -0.39 is 10.0 Å². The second kappa shape index (κ2) is 11.7. The van der Waals surface area contributed by atoms with Gasteiger partial charge in [0.25, 0.3) is 0 Å². The molecule has 1 aliphatic heterocycles. The largest absolute Gasteiger partial charge is 0.228 e. The third-order valence-corrected chi connectivity index (χ3v) is 12.7. The van der Waals surface area contributed by atoms with Crippen LogP contribution >= 0.6 is 10.0 Å². The molecule has 0 fully saturated rings. The molecule has 0 aliphatic carbocycles. The Kier molecular flexibility index (Phi) is 7.03. The highest BCUT2D eigenvalue weighted by molar-refractivity contribution is 8.33. The number of hydrogen-bond donors (Lipinski definition) is 0. The van der Waals surface area contributed by atoms with Crippen LogP contribution in [0, 0.1) is 0 Å². The van der Waals surface area contributed by atoms with Crippen molar-refractivity contribution in [1.82, 2.24) is 9.97 Å². The third-order valence-electron chi connectivity index (χ3n) is 9.77. The molecule has 2 heterocycles. The molecule has 0 N–H and O–H groups in total. The lowest BCUT2D eigenvalue weighted by Crippen LogP contribution is -1.98. The van der Waals surface area contributed by atoms with Gasteiger partial charge in [-0.2, -0.15) is 10.0 Å². The number of benzene rings is 7. The van der Waals surface area contributed by atoms with Crippen molar-refractivity contribution in [2.24, 2.45) is 0 Å². The maximum absolute atomic E-state index is 5.37. The van der Waals surface area contributed by atoms with E-state index in [1.165, 1.54) is 48.7 Å². The third kappa shape index (κ3) is 5.06. The van der Waals surface area contributed by atoms with Crippen LogP contribution in [0.1, 0.15) is 0 Å². The Hall–Kier alpha value is -5.77. The lowest BCUT2D eigenvalue weighted by Gasteiger charge is -2.28. The van der Waals surface area contributed by atoms with E-state index in [1.54, 1.807) is 0 Å². The molecule has 0 atom stereocenters. The first-order valence-electron chi connectivity index (χ1n) is 16.6. The Bertz CT molecular complexity index is 2500. The van der Waals surface area contributed by atoms with Crippen LogP contribution in [-0.2, 0) is 0 Å². The predicted molar refractivity (Wildman–Crippen MR) is 208 cm³/mol. The molecule has 49 heavy (non-hydrogen) atoms. The van der Waals surface area contributed by atoms with Crippen LogP contribution in [0.4, 0.5) is 0 Å². The fraction of sp³-hybridized carbons (Fsp3) is 0.0435. The van der Waals surface area contributed by atoms with E-state index in [0.29, 0.717) is 0 Å².